The molecule has 0 bridgehead atoms. The molecule has 2 atom stereocenters. The van der Waals surface area contributed by atoms with E-state index in [1.54, 1.807) is 0 Å². The molecule has 1 aliphatic rings. The van der Waals surface area contributed by atoms with Gasteiger partial charge in [0.25, 0.3) is 0 Å². The Hall–Kier alpha value is -1.56. The van der Waals surface area contributed by atoms with Gasteiger partial charge in [-0.3, -0.25) is 0 Å². The third-order valence-electron chi connectivity index (χ3n) is 5.98. The highest BCUT2D eigenvalue weighted by atomic mass is 14.5. The van der Waals surface area contributed by atoms with Gasteiger partial charge in [-0.15, -0.1) is 0 Å². The molecule has 0 heteroatoms. The fourth-order valence-electron chi connectivity index (χ4n) is 4.35. The molecule has 0 amide bonds. The Morgan fingerprint density at radius 1 is 0.818 bits per heavy atom. The molecule has 0 aromatic heterocycles. The van der Waals surface area contributed by atoms with E-state index in [1.165, 1.54) is 30.4 Å². The first kappa shape index (κ1) is 15.3. The first-order valence-corrected chi connectivity index (χ1v) is 8.73. The molecule has 22 heavy (non-hydrogen) atoms. The molecule has 0 spiro atoms. The van der Waals surface area contributed by atoms with Gasteiger partial charge in [-0.2, -0.15) is 0 Å². The minimum absolute atomic E-state index is 0.131. The lowest BCUT2D eigenvalue weighted by Gasteiger charge is -2.37. The van der Waals surface area contributed by atoms with Crippen LogP contribution in [0.1, 0.15) is 51.2 Å². The van der Waals surface area contributed by atoms with Crippen LogP contribution >= 0.6 is 0 Å². The van der Waals surface area contributed by atoms with E-state index in [0.29, 0.717) is 0 Å². The molecule has 0 aliphatic heterocycles. The van der Waals surface area contributed by atoms with Crippen molar-refractivity contribution in [1.29, 1.82) is 0 Å². The van der Waals surface area contributed by atoms with Gasteiger partial charge in [0.15, 0.2) is 0 Å². The zero-order chi connectivity index (χ0) is 15.6. The predicted octanol–water partition coefficient (Wildman–Crippen LogP) is 6.06. The van der Waals surface area contributed by atoms with Crippen LogP contribution in [-0.2, 0) is 5.41 Å². The summed E-state index contributed by atoms with van der Waals surface area (Å²) in [7, 11) is 0. The lowest BCUT2D eigenvalue weighted by atomic mass is 9.66. The Balaban J connectivity index is 2.01. The summed E-state index contributed by atoms with van der Waals surface area (Å²) in [6.07, 6.45) is 4.10. The van der Waals surface area contributed by atoms with Crippen LogP contribution in [-0.4, -0.2) is 0 Å². The molecule has 0 N–H and O–H groups in total. The van der Waals surface area contributed by atoms with Crippen molar-refractivity contribution in [1.82, 2.24) is 0 Å². The normalized spacial score (nSPS) is 22.2. The maximum atomic E-state index is 2.46. The minimum atomic E-state index is 0.131. The summed E-state index contributed by atoms with van der Waals surface area (Å²) in [5.41, 5.74) is 3.07. The average Bonchev–Trinajstić information content (AvgIpc) is 3.06. The SMILES string of the molecule is CC(C)C1CCC(C(C)(c2ccccc2)c2ccccc2)C1. The van der Waals surface area contributed by atoms with Gasteiger partial charge in [0.05, 0.1) is 0 Å². The summed E-state index contributed by atoms with van der Waals surface area (Å²) >= 11 is 0. The Labute approximate surface area is 135 Å². The van der Waals surface area contributed by atoms with Crippen molar-refractivity contribution in [2.24, 2.45) is 17.8 Å². The lowest BCUT2D eigenvalue weighted by Crippen LogP contribution is -2.32. The maximum Gasteiger partial charge on any atom is 0.0203 e. The fourth-order valence-corrected chi connectivity index (χ4v) is 4.35. The van der Waals surface area contributed by atoms with Crippen molar-refractivity contribution >= 4 is 0 Å². The summed E-state index contributed by atoms with van der Waals surface area (Å²) < 4.78 is 0. The molecule has 116 valence electrons. The summed E-state index contributed by atoms with van der Waals surface area (Å²) in [5, 5.41) is 0. The van der Waals surface area contributed by atoms with Crippen molar-refractivity contribution in [2.75, 3.05) is 0 Å². The quantitative estimate of drug-likeness (QED) is 0.642. The lowest BCUT2D eigenvalue weighted by molar-refractivity contribution is 0.316. The van der Waals surface area contributed by atoms with Gasteiger partial charge < -0.3 is 0 Å². The van der Waals surface area contributed by atoms with Crippen LogP contribution < -0.4 is 0 Å². The van der Waals surface area contributed by atoms with Crippen molar-refractivity contribution in [3.8, 4) is 0 Å². The third kappa shape index (κ3) is 2.72. The van der Waals surface area contributed by atoms with Crippen molar-refractivity contribution in [2.45, 2.75) is 45.4 Å². The smallest absolute Gasteiger partial charge is 0.0203 e. The zero-order valence-electron chi connectivity index (χ0n) is 14.1. The summed E-state index contributed by atoms with van der Waals surface area (Å²) in [6.45, 7) is 7.23. The molecule has 2 unspecified atom stereocenters. The molecule has 2 aromatic rings. The van der Waals surface area contributed by atoms with E-state index in [-0.39, 0.29) is 5.41 Å². The number of rotatable bonds is 4. The van der Waals surface area contributed by atoms with Crippen LogP contribution in [0.25, 0.3) is 0 Å². The average molecular weight is 292 g/mol. The van der Waals surface area contributed by atoms with E-state index in [9.17, 15) is 0 Å². The second kappa shape index (κ2) is 6.28. The second-order valence-corrected chi connectivity index (χ2v) is 7.45. The number of hydrogen-bond acceptors (Lipinski definition) is 0. The van der Waals surface area contributed by atoms with Crippen LogP contribution in [0.2, 0.25) is 0 Å². The number of hydrogen-bond donors (Lipinski definition) is 0. The molecule has 0 nitrogen and oxygen atoms in total. The Kier molecular flexibility index (Phi) is 4.38. The number of benzene rings is 2. The van der Waals surface area contributed by atoms with E-state index in [1.807, 2.05) is 0 Å². The fraction of sp³-hybridized carbons (Fsp3) is 0.455. The molecule has 0 radical (unpaired) electrons. The third-order valence-corrected chi connectivity index (χ3v) is 5.98. The maximum absolute atomic E-state index is 2.46. The standard InChI is InChI=1S/C22H28/c1-17(2)18-14-15-21(16-18)22(3,19-10-6-4-7-11-19)20-12-8-5-9-13-20/h4-13,17-18,21H,14-16H2,1-3H3. The summed E-state index contributed by atoms with van der Waals surface area (Å²) in [5.74, 6) is 2.43. The predicted molar refractivity (Wildman–Crippen MR) is 95.0 cm³/mol. The van der Waals surface area contributed by atoms with Gasteiger partial charge in [0.1, 0.15) is 0 Å². The van der Waals surface area contributed by atoms with Crippen LogP contribution in [0, 0.1) is 17.8 Å². The molecule has 0 heterocycles. The van der Waals surface area contributed by atoms with Crippen molar-refractivity contribution in [3.63, 3.8) is 0 Å². The first-order chi connectivity index (χ1) is 10.6. The van der Waals surface area contributed by atoms with Gasteiger partial charge in [0.2, 0.25) is 0 Å². The van der Waals surface area contributed by atoms with E-state index >= 15 is 0 Å². The largest absolute Gasteiger partial charge is 0.0625 e. The molecular weight excluding hydrogens is 264 g/mol. The van der Waals surface area contributed by atoms with Gasteiger partial charge in [-0.1, -0.05) is 81.4 Å². The molecule has 1 aliphatic carbocycles. The summed E-state index contributed by atoms with van der Waals surface area (Å²) in [6, 6.07) is 22.3. The van der Waals surface area contributed by atoms with Crippen LogP contribution in [0.3, 0.4) is 0 Å². The highest BCUT2D eigenvalue weighted by Crippen LogP contribution is 2.49. The van der Waals surface area contributed by atoms with E-state index < -0.39 is 0 Å². The van der Waals surface area contributed by atoms with Gasteiger partial charge in [0, 0.05) is 5.41 Å². The zero-order valence-corrected chi connectivity index (χ0v) is 14.1. The summed E-state index contributed by atoms with van der Waals surface area (Å²) in [4.78, 5) is 0. The van der Waals surface area contributed by atoms with E-state index in [0.717, 1.165) is 17.8 Å². The minimum Gasteiger partial charge on any atom is -0.0625 e. The molecule has 1 fully saturated rings. The van der Waals surface area contributed by atoms with Gasteiger partial charge in [-0.25, -0.2) is 0 Å². The van der Waals surface area contributed by atoms with Crippen molar-refractivity contribution in [3.05, 3.63) is 71.8 Å². The molecule has 0 saturated heterocycles. The van der Waals surface area contributed by atoms with Crippen LogP contribution in [0.15, 0.2) is 60.7 Å². The van der Waals surface area contributed by atoms with Crippen LogP contribution in [0.4, 0.5) is 0 Å². The highest BCUT2D eigenvalue weighted by molar-refractivity contribution is 5.39. The highest BCUT2D eigenvalue weighted by Gasteiger charge is 2.42. The molecular formula is C22H28. The second-order valence-electron chi connectivity index (χ2n) is 7.45. The Morgan fingerprint density at radius 2 is 1.32 bits per heavy atom. The van der Waals surface area contributed by atoms with Crippen molar-refractivity contribution < 1.29 is 0 Å². The topological polar surface area (TPSA) is 0 Å². The Morgan fingerprint density at radius 3 is 1.73 bits per heavy atom. The molecule has 3 rings (SSSR count). The molecule has 1 saturated carbocycles. The Bertz CT molecular complexity index is 542. The monoisotopic (exact) mass is 292 g/mol. The van der Waals surface area contributed by atoms with Gasteiger partial charge >= 0.3 is 0 Å². The van der Waals surface area contributed by atoms with Crippen LogP contribution in [0.5, 0.6) is 0 Å². The van der Waals surface area contributed by atoms with E-state index in [2.05, 4.69) is 81.4 Å². The first-order valence-electron chi connectivity index (χ1n) is 8.73. The van der Waals surface area contributed by atoms with E-state index in [4.69, 9.17) is 0 Å². The van der Waals surface area contributed by atoms with Gasteiger partial charge in [-0.05, 0) is 48.1 Å². The molecule has 2 aromatic carbocycles.